The zero-order chi connectivity index (χ0) is 18.8. The molecule has 2 aromatic heterocycles. The lowest BCUT2D eigenvalue weighted by Crippen LogP contribution is -1.99. The number of nitrogens with zero attached hydrogens (tertiary/aromatic N) is 1. The van der Waals surface area contributed by atoms with E-state index >= 15 is 0 Å². The molecule has 0 aliphatic rings. The first-order valence-electron chi connectivity index (χ1n) is 9.46. The summed E-state index contributed by atoms with van der Waals surface area (Å²) < 4.78 is 6.02. The molecule has 0 fully saturated rings. The second-order valence-electron chi connectivity index (χ2n) is 6.97. The zero-order valence-corrected chi connectivity index (χ0v) is 15.4. The van der Waals surface area contributed by atoms with Crippen molar-refractivity contribution in [3.05, 3.63) is 108 Å². The Morgan fingerprint density at radius 2 is 1.71 bits per heavy atom. The molecule has 2 heterocycles. The van der Waals surface area contributed by atoms with Crippen molar-refractivity contribution in [2.45, 2.75) is 13.0 Å². The lowest BCUT2D eigenvalue weighted by atomic mass is 10.0. The van der Waals surface area contributed by atoms with E-state index in [1.807, 2.05) is 36.4 Å². The summed E-state index contributed by atoms with van der Waals surface area (Å²) in [5.41, 5.74) is 5.63. The Hall–Kier alpha value is -3.59. The van der Waals surface area contributed by atoms with Gasteiger partial charge >= 0.3 is 0 Å². The van der Waals surface area contributed by atoms with Crippen molar-refractivity contribution in [2.24, 2.45) is 0 Å². The average molecular weight is 364 g/mol. The van der Waals surface area contributed by atoms with Crippen LogP contribution in [0.15, 0.2) is 91.1 Å². The Kier molecular flexibility index (Phi) is 4.26. The quantitative estimate of drug-likeness (QED) is 0.422. The van der Waals surface area contributed by atoms with Gasteiger partial charge in [-0.3, -0.25) is 0 Å². The number of rotatable bonds is 5. The summed E-state index contributed by atoms with van der Waals surface area (Å²) >= 11 is 0. The van der Waals surface area contributed by atoms with E-state index in [-0.39, 0.29) is 0 Å². The largest absolute Gasteiger partial charge is 0.487 e. The maximum Gasteiger partial charge on any atom is 0.130 e. The predicted octanol–water partition coefficient (Wildman–Crippen LogP) is 5.89. The van der Waals surface area contributed by atoms with E-state index in [1.165, 1.54) is 22.0 Å². The van der Waals surface area contributed by atoms with E-state index in [4.69, 9.17) is 4.74 Å². The van der Waals surface area contributed by atoms with Crippen molar-refractivity contribution >= 4 is 21.8 Å². The van der Waals surface area contributed by atoms with Crippen LogP contribution in [0.5, 0.6) is 5.75 Å². The molecule has 0 saturated carbocycles. The van der Waals surface area contributed by atoms with E-state index in [9.17, 15) is 0 Å². The minimum Gasteiger partial charge on any atom is -0.487 e. The van der Waals surface area contributed by atoms with Crippen molar-refractivity contribution in [3.8, 4) is 5.75 Å². The maximum atomic E-state index is 6.02. The Bertz CT molecular complexity index is 1260. The third kappa shape index (κ3) is 3.35. The van der Waals surface area contributed by atoms with Gasteiger partial charge in [-0.1, -0.05) is 54.6 Å². The summed E-state index contributed by atoms with van der Waals surface area (Å²) in [4.78, 5) is 8.02. The van der Waals surface area contributed by atoms with Crippen LogP contribution in [0.25, 0.3) is 21.8 Å². The van der Waals surface area contributed by atoms with Crippen LogP contribution in [0.2, 0.25) is 0 Å². The molecular formula is C25H20N2O. The van der Waals surface area contributed by atoms with Crippen molar-refractivity contribution in [1.29, 1.82) is 0 Å². The molecule has 0 bridgehead atoms. The van der Waals surface area contributed by atoms with Crippen LogP contribution in [-0.4, -0.2) is 9.97 Å². The smallest absolute Gasteiger partial charge is 0.130 e. The molecule has 0 radical (unpaired) electrons. The first-order valence-corrected chi connectivity index (χ1v) is 9.46. The molecule has 0 saturated heterocycles. The number of nitrogens with one attached hydrogen (secondary N) is 1. The summed E-state index contributed by atoms with van der Waals surface area (Å²) in [6, 6.07) is 29.0. The summed E-state index contributed by atoms with van der Waals surface area (Å²) in [6.45, 7) is 0.460. The van der Waals surface area contributed by atoms with Gasteiger partial charge in [-0.2, -0.15) is 0 Å². The van der Waals surface area contributed by atoms with Crippen LogP contribution in [0.3, 0.4) is 0 Å². The van der Waals surface area contributed by atoms with Crippen molar-refractivity contribution in [2.75, 3.05) is 0 Å². The summed E-state index contributed by atoms with van der Waals surface area (Å²) in [5, 5.41) is 2.42. The number of aromatic amines is 1. The lowest BCUT2D eigenvalue weighted by Gasteiger charge is -2.08. The fourth-order valence-corrected chi connectivity index (χ4v) is 3.59. The number of H-pyrrole nitrogens is 1. The fraction of sp³-hybridized carbons (Fsp3) is 0.0800. The molecule has 136 valence electrons. The van der Waals surface area contributed by atoms with Crippen molar-refractivity contribution in [1.82, 2.24) is 9.97 Å². The lowest BCUT2D eigenvalue weighted by molar-refractivity contribution is 0.301. The van der Waals surface area contributed by atoms with Gasteiger partial charge in [0, 0.05) is 22.5 Å². The second-order valence-corrected chi connectivity index (χ2v) is 6.97. The number of hydrogen-bond donors (Lipinski definition) is 1. The third-order valence-electron chi connectivity index (χ3n) is 5.01. The molecule has 0 aliphatic heterocycles. The number of pyridine rings is 1. The normalized spacial score (nSPS) is 11.1. The van der Waals surface area contributed by atoms with Crippen molar-refractivity contribution in [3.63, 3.8) is 0 Å². The SMILES string of the molecule is c1cc(Cc2c[nH]c3ccccc23)cc(OCc2ccc3ccccc3n2)c1. The van der Waals surface area contributed by atoms with E-state index < -0.39 is 0 Å². The molecule has 0 amide bonds. The molecule has 0 spiro atoms. The van der Waals surface area contributed by atoms with Gasteiger partial charge in [0.05, 0.1) is 11.2 Å². The van der Waals surface area contributed by atoms with E-state index in [0.717, 1.165) is 28.8 Å². The number of fused-ring (bicyclic) bond motifs is 2. The Labute approximate surface area is 163 Å². The topological polar surface area (TPSA) is 37.9 Å². The molecule has 3 nitrogen and oxygen atoms in total. The second kappa shape index (κ2) is 7.20. The third-order valence-corrected chi connectivity index (χ3v) is 5.01. The maximum absolute atomic E-state index is 6.02. The molecule has 0 aliphatic carbocycles. The van der Waals surface area contributed by atoms with Crippen LogP contribution in [0, 0.1) is 0 Å². The summed E-state index contributed by atoms with van der Waals surface area (Å²) in [7, 11) is 0. The van der Waals surface area contributed by atoms with E-state index in [2.05, 4.69) is 64.7 Å². The van der Waals surface area contributed by atoms with E-state index in [1.54, 1.807) is 0 Å². The molecule has 5 rings (SSSR count). The Morgan fingerprint density at radius 3 is 2.71 bits per heavy atom. The van der Waals surface area contributed by atoms with Gasteiger partial charge in [0.2, 0.25) is 0 Å². The molecule has 0 atom stereocenters. The molecule has 3 aromatic carbocycles. The van der Waals surface area contributed by atoms with Gasteiger partial charge in [0.25, 0.3) is 0 Å². The number of ether oxygens (including phenoxy) is 1. The first kappa shape index (κ1) is 16.6. The Morgan fingerprint density at radius 1 is 0.821 bits per heavy atom. The standard InChI is InChI=1S/C25H20N2O/c1-3-10-24-19(7-1)12-13-21(27-24)17-28-22-8-5-6-18(15-22)14-20-16-26-25-11-4-2-9-23(20)25/h1-13,15-16,26H,14,17H2. The van der Waals surface area contributed by atoms with Gasteiger partial charge in [-0.15, -0.1) is 0 Å². The van der Waals surface area contributed by atoms with Gasteiger partial charge in [0.15, 0.2) is 0 Å². The van der Waals surface area contributed by atoms with Gasteiger partial charge in [-0.25, -0.2) is 4.98 Å². The summed E-state index contributed by atoms with van der Waals surface area (Å²) in [6.07, 6.45) is 2.96. The predicted molar refractivity (Wildman–Crippen MR) is 114 cm³/mol. The minimum atomic E-state index is 0.460. The van der Waals surface area contributed by atoms with Gasteiger partial charge in [0.1, 0.15) is 12.4 Å². The highest BCUT2D eigenvalue weighted by Gasteiger charge is 2.06. The monoisotopic (exact) mass is 364 g/mol. The van der Waals surface area contributed by atoms with Crippen LogP contribution in [0.4, 0.5) is 0 Å². The van der Waals surface area contributed by atoms with Crippen LogP contribution < -0.4 is 4.74 Å². The molecule has 28 heavy (non-hydrogen) atoms. The highest BCUT2D eigenvalue weighted by atomic mass is 16.5. The molecular weight excluding hydrogens is 344 g/mol. The zero-order valence-electron chi connectivity index (χ0n) is 15.4. The number of hydrogen-bond acceptors (Lipinski definition) is 2. The number of aromatic nitrogens is 2. The highest BCUT2D eigenvalue weighted by molar-refractivity contribution is 5.83. The summed E-state index contributed by atoms with van der Waals surface area (Å²) in [5.74, 6) is 0.868. The molecule has 3 heteroatoms. The minimum absolute atomic E-state index is 0.460. The van der Waals surface area contributed by atoms with Crippen molar-refractivity contribution < 1.29 is 4.74 Å². The number of para-hydroxylation sites is 2. The van der Waals surface area contributed by atoms with Crippen LogP contribution >= 0.6 is 0 Å². The van der Waals surface area contributed by atoms with Crippen LogP contribution in [-0.2, 0) is 13.0 Å². The number of benzene rings is 3. The van der Waals surface area contributed by atoms with Crippen LogP contribution in [0.1, 0.15) is 16.8 Å². The highest BCUT2D eigenvalue weighted by Crippen LogP contribution is 2.23. The fourth-order valence-electron chi connectivity index (χ4n) is 3.59. The van der Waals surface area contributed by atoms with Gasteiger partial charge < -0.3 is 9.72 Å². The molecule has 1 N–H and O–H groups in total. The first-order chi connectivity index (χ1) is 13.8. The molecule has 5 aromatic rings. The molecule has 0 unspecified atom stereocenters. The Balaban J connectivity index is 1.32. The van der Waals surface area contributed by atoms with Gasteiger partial charge in [-0.05, 0) is 47.9 Å². The van der Waals surface area contributed by atoms with E-state index in [0.29, 0.717) is 6.61 Å². The average Bonchev–Trinajstić information content (AvgIpc) is 3.15.